The van der Waals surface area contributed by atoms with E-state index in [-0.39, 0.29) is 11.8 Å². The first-order valence-electron chi connectivity index (χ1n) is 27.1. The van der Waals surface area contributed by atoms with Crippen LogP contribution in [0.4, 0.5) is 0 Å². The maximum absolute atomic E-state index is 12.8. The fourth-order valence-electron chi connectivity index (χ4n) is 8.09. The van der Waals surface area contributed by atoms with E-state index in [1.54, 1.807) is 0 Å². The van der Waals surface area contributed by atoms with Gasteiger partial charge >= 0.3 is 0 Å². The van der Waals surface area contributed by atoms with Gasteiger partial charge in [0.2, 0.25) is 11.8 Å². The molecular formula is C53H108N6O2. The third-order valence-electron chi connectivity index (χ3n) is 12.3. The van der Waals surface area contributed by atoms with Gasteiger partial charge in [-0.2, -0.15) is 0 Å². The first kappa shape index (κ1) is 59.4. The van der Waals surface area contributed by atoms with Crippen LogP contribution in [0.3, 0.4) is 0 Å². The van der Waals surface area contributed by atoms with Crippen LogP contribution < -0.4 is 26.6 Å². The summed E-state index contributed by atoms with van der Waals surface area (Å²) in [5.41, 5.74) is 1.13. The largest absolute Gasteiger partial charge is 0.389 e. The minimum atomic E-state index is 0.172. The monoisotopic (exact) mass is 861 g/mol. The van der Waals surface area contributed by atoms with Crippen LogP contribution in [0, 0.1) is 0 Å². The van der Waals surface area contributed by atoms with Gasteiger partial charge in [-0.1, -0.05) is 201 Å². The second-order valence-corrected chi connectivity index (χ2v) is 18.4. The highest BCUT2D eigenvalue weighted by molar-refractivity contribution is 5.76. The van der Waals surface area contributed by atoms with E-state index < -0.39 is 0 Å². The van der Waals surface area contributed by atoms with Crippen molar-refractivity contribution in [3.63, 3.8) is 0 Å². The van der Waals surface area contributed by atoms with E-state index in [1.807, 2.05) is 0 Å². The topological polar surface area (TPSA) is 97.5 Å². The zero-order valence-corrected chi connectivity index (χ0v) is 41.5. The molecule has 0 radical (unpaired) electrons. The summed E-state index contributed by atoms with van der Waals surface area (Å²) in [7, 11) is 0. The number of nitrogens with zero attached hydrogens (tertiary/aromatic N) is 1. The van der Waals surface area contributed by atoms with E-state index in [1.165, 1.54) is 180 Å². The Hall–Kier alpha value is -1.64. The summed E-state index contributed by atoms with van der Waals surface area (Å²) in [5, 5.41) is 16.9. The van der Waals surface area contributed by atoms with Gasteiger partial charge in [-0.15, -0.1) is 0 Å². The van der Waals surface area contributed by atoms with Crippen molar-refractivity contribution < 1.29 is 9.59 Å². The van der Waals surface area contributed by atoms with Gasteiger partial charge in [-0.25, -0.2) is 0 Å². The fourth-order valence-corrected chi connectivity index (χ4v) is 8.09. The van der Waals surface area contributed by atoms with Crippen molar-refractivity contribution in [2.45, 2.75) is 252 Å². The summed E-state index contributed by atoms with van der Waals surface area (Å²) < 4.78 is 0. The first-order valence-corrected chi connectivity index (χ1v) is 27.1. The predicted octanol–water partition coefficient (Wildman–Crippen LogP) is 12.9. The molecule has 362 valence electrons. The van der Waals surface area contributed by atoms with Gasteiger partial charge in [0.15, 0.2) is 0 Å². The quantitative estimate of drug-likeness (QED) is 0.0391. The number of nitrogens with one attached hydrogen (secondary N) is 5. The highest BCUT2D eigenvalue weighted by atomic mass is 16.2. The van der Waals surface area contributed by atoms with Crippen molar-refractivity contribution in [3.05, 3.63) is 12.3 Å². The van der Waals surface area contributed by atoms with Crippen LogP contribution in [-0.4, -0.2) is 82.2 Å². The molecule has 8 heteroatoms. The lowest BCUT2D eigenvalue weighted by atomic mass is 10.1. The molecule has 0 unspecified atom stereocenters. The summed E-state index contributed by atoms with van der Waals surface area (Å²) in [6.45, 7) is 20.3. The maximum atomic E-state index is 12.8. The molecule has 0 rings (SSSR count). The Kier molecular flexibility index (Phi) is 49.6. The van der Waals surface area contributed by atoms with Crippen molar-refractivity contribution >= 4 is 11.8 Å². The maximum Gasteiger partial charge on any atom is 0.221 e. The van der Waals surface area contributed by atoms with Crippen LogP contribution in [0.15, 0.2) is 12.3 Å². The second kappa shape index (κ2) is 51.0. The van der Waals surface area contributed by atoms with Crippen molar-refractivity contribution in [1.29, 1.82) is 0 Å². The average molecular weight is 861 g/mol. The van der Waals surface area contributed by atoms with Crippen LogP contribution in [0.5, 0.6) is 0 Å². The third kappa shape index (κ3) is 49.2. The lowest BCUT2D eigenvalue weighted by molar-refractivity contribution is -0.122. The SMILES string of the molecule is C=C(CCN(CCCCNCCCNCCC(=O)NCCCCCCCCCCCC)CCC(=O)NCCCCCCCCCCCC)NCCCCCCCCCCCC. The summed E-state index contributed by atoms with van der Waals surface area (Å²) in [6, 6.07) is 0. The highest BCUT2D eigenvalue weighted by Crippen LogP contribution is 2.13. The number of carbonyl (C=O) groups excluding carboxylic acids is 2. The molecule has 0 heterocycles. The fraction of sp³-hybridized carbons (Fsp3) is 0.925. The van der Waals surface area contributed by atoms with E-state index in [2.05, 4.69) is 58.8 Å². The molecule has 2 amide bonds. The minimum Gasteiger partial charge on any atom is -0.389 e. The van der Waals surface area contributed by atoms with Gasteiger partial charge in [0, 0.05) is 57.8 Å². The number of rotatable bonds is 52. The van der Waals surface area contributed by atoms with E-state index in [9.17, 15) is 9.59 Å². The highest BCUT2D eigenvalue weighted by Gasteiger charge is 2.10. The van der Waals surface area contributed by atoms with Gasteiger partial charge in [0.1, 0.15) is 0 Å². The molecule has 0 aliphatic rings. The predicted molar refractivity (Wildman–Crippen MR) is 269 cm³/mol. The molecule has 0 saturated heterocycles. The molecule has 0 aromatic rings. The summed E-state index contributed by atoms with van der Waals surface area (Å²) in [5.74, 6) is 0.365. The molecule has 0 fully saturated rings. The molecule has 0 aromatic heterocycles. The van der Waals surface area contributed by atoms with Crippen LogP contribution in [0.25, 0.3) is 0 Å². The number of amides is 2. The smallest absolute Gasteiger partial charge is 0.221 e. The molecule has 5 N–H and O–H groups in total. The minimum absolute atomic E-state index is 0.172. The normalized spacial score (nSPS) is 11.4. The standard InChI is InChI=1S/C53H108N6O2/c1-5-8-11-14-17-20-23-26-29-32-44-56-51(4)39-49-59(50-40-53(61)58-46-34-31-28-25-22-19-16-13-10-7-3)48-36-35-41-54-42-37-43-55-47-38-52(60)57-45-33-30-27-24-21-18-15-12-9-6-2/h54-56H,4-50H2,1-3H3,(H,57,60)(H,58,61). The van der Waals surface area contributed by atoms with Crippen molar-refractivity contribution in [3.8, 4) is 0 Å². The van der Waals surface area contributed by atoms with Crippen molar-refractivity contribution in [1.82, 2.24) is 31.5 Å². The average Bonchev–Trinajstić information content (AvgIpc) is 3.26. The number of hydrogen-bond acceptors (Lipinski definition) is 6. The molecule has 0 saturated carbocycles. The molecule has 0 aliphatic carbocycles. The zero-order valence-electron chi connectivity index (χ0n) is 41.5. The van der Waals surface area contributed by atoms with E-state index >= 15 is 0 Å². The Morgan fingerprint density at radius 3 is 1.10 bits per heavy atom. The Bertz CT molecular complexity index is 875. The molecule has 0 aliphatic heterocycles. The van der Waals surface area contributed by atoms with Crippen molar-refractivity contribution in [2.24, 2.45) is 0 Å². The van der Waals surface area contributed by atoms with Crippen molar-refractivity contribution in [2.75, 3.05) is 65.4 Å². The van der Waals surface area contributed by atoms with Crippen LogP contribution in [0.2, 0.25) is 0 Å². The molecule has 8 nitrogen and oxygen atoms in total. The Labute approximate surface area is 381 Å². The zero-order chi connectivity index (χ0) is 44.4. The molecule has 0 bridgehead atoms. The van der Waals surface area contributed by atoms with Gasteiger partial charge in [-0.3, -0.25) is 9.59 Å². The Morgan fingerprint density at radius 1 is 0.328 bits per heavy atom. The molecule has 0 atom stereocenters. The summed E-state index contributed by atoms with van der Waals surface area (Å²) >= 11 is 0. The molecule has 0 aromatic carbocycles. The van der Waals surface area contributed by atoms with Gasteiger partial charge in [0.05, 0.1) is 0 Å². The Balaban J connectivity index is 4.15. The first-order chi connectivity index (χ1) is 30.0. The third-order valence-corrected chi connectivity index (χ3v) is 12.3. The summed E-state index contributed by atoms with van der Waals surface area (Å²) in [4.78, 5) is 27.4. The number of unbranched alkanes of at least 4 members (excludes halogenated alkanes) is 28. The van der Waals surface area contributed by atoms with E-state index in [0.29, 0.717) is 12.8 Å². The Morgan fingerprint density at radius 2 is 0.656 bits per heavy atom. The van der Waals surface area contributed by atoms with E-state index in [0.717, 1.165) is 110 Å². The van der Waals surface area contributed by atoms with Crippen LogP contribution in [-0.2, 0) is 9.59 Å². The molecule has 0 spiro atoms. The van der Waals surface area contributed by atoms with E-state index in [4.69, 9.17) is 0 Å². The molecule has 61 heavy (non-hydrogen) atoms. The van der Waals surface area contributed by atoms with Crippen LogP contribution >= 0.6 is 0 Å². The lowest BCUT2D eigenvalue weighted by Crippen LogP contribution is -2.33. The number of carbonyl (C=O) groups is 2. The van der Waals surface area contributed by atoms with Gasteiger partial charge < -0.3 is 31.5 Å². The lowest BCUT2D eigenvalue weighted by Gasteiger charge is -2.23. The van der Waals surface area contributed by atoms with Gasteiger partial charge in [-0.05, 0) is 71.1 Å². The molecular weight excluding hydrogens is 753 g/mol. The van der Waals surface area contributed by atoms with Crippen LogP contribution in [0.1, 0.15) is 252 Å². The second-order valence-electron chi connectivity index (χ2n) is 18.4. The summed E-state index contributed by atoms with van der Waals surface area (Å²) in [6.07, 6.45) is 45.4. The van der Waals surface area contributed by atoms with Gasteiger partial charge in [0.25, 0.3) is 0 Å². The number of hydrogen-bond donors (Lipinski definition) is 5.